The Kier molecular flexibility index (Phi) is 7.85. The van der Waals surface area contributed by atoms with Crippen molar-refractivity contribution in [1.82, 2.24) is 20.1 Å². The number of amides is 2. The van der Waals surface area contributed by atoms with Crippen molar-refractivity contribution in [1.29, 1.82) is 0 Å². The van der Waals surface area contributed by atoms with Crippen molar-refractivity contribution in [2.24, 2.45) is 0 Å². The molecule has 0 saturated heterocycles. The number of halogens is 1. The Morgan fingerprint density at radius 2 is 1.66 bits per heavy atom. The Hall–Kier alpha value is -4.53. The van der Waals surface area contributed by atoms with E-state index in [4.69, 9.17) is 4.74 Å². The number of benzene rings is 2. The lowest BCUT2D eigenvalue weighted by molar-refractivity contribution is -0.120. The molecule has 2 amide bonds. The minimum atomic E-state index is -0.886. The van der Waals surface area contributed by atoms with Crippen molar-refractivity contribution in [3.63, 3.8) is 0 Å². The molecule has 2 heterocycles. The summed E-state index contributed by atoms with van der Waals surface area (Å²) in [5.74, 6) is -0.521. The average molecular weight is 516 g/mol. The molecule has 2 aromatic heterocycles. The van der Waals surface area contributed by atoms with Crippen molar-refractivity contribution >= 4 is 17.8 Å². The van der Waals surface area contributed by atoms with Crippen LogP contribution in [0.5, 0.6) is 0 Å². The zero-order valence-electron chi connectivity index (χ0n) is 21.7. The summed E-state index contributed by atoms with van der Waals surface area (Å²) in [7, 11) is 1.54. The van der Waals surface area contributed by atoms with Crippen molar-refractivity contribution in [2.45, 2.75) is 38.8 Å². The highest BCUT2D eigenvalue weighted by atomic mass is 19.1. The number of nitrogens with one attached hydrogen (secondary N) is 2. The van der Waals surface area contributed by atoms with E-state index in [0.29, 0.717) is 16.8 Å². The third kappa shape index (κ3) is 6.42. The topological polar surface area (TPSA) is 100 Å². The highest BCUT2D eigenvalue weighted by molar-refractivity contribution is 6.01. The van der Waals surface area contributed by atoms with Gasteiger partial charge in [0.1, 0.15) is 17.5 Å². The summed E-state index contributed by atoms with van der Waals surface area (Å²) >= 11 is 0. The zero-order valence-corrected chi connectivity index (χ0v) is 21.7. The normalized spacial score (nSPS) is 12.0. The smallest absolute Gasteiger partial charge is 0.410 e. The van der Waals surface area contributed by atoms with E-state index in [0.717, 1.165) is 11.1 Å². The van der Waals surface area contributed by atoms with Crippen LogP contribution in [-0.4, -0.2) is 50.8 Å². The SMILES string of the molecule is CN(C(=O)OC(C)(C)C)[C@@H](Cc1ccccc1)C(=O)Nc1n[nH]c(-c2ccc(F)cc2)c1-c1ccncc1. The van der Waals surface area contributed by atoms with Gasteiger partial charge in [0.05, 0.1) is 11.3 Å². The van der Waals surface area contributed by atoms with Crippen LogP contribution in [0, 0.1) is 5.82 Å². The fourth-order valence-electron chi connectivity index (χ4n) is 3.96. The Morgan fingerprint density at radius 3 is 2.29 bits per heavy atom. The van der Waals surface area contributed by atoms with Gasteiger partial charge in [-0.15, -0.1) is 0 Å². The highest BCUT2D eigenvalue weighted by Gasteiger charge is 2.32. The van der Waals surface area contributed by atoms with Crippen LogP contribution in [-0.2, 0) is 16.0 Å². The third-order valence-corrected chi connectivity index (χ3v) is 5.83. The molecule has 0 unspecified atom stereocenters. The molecule has 0 aliphatic heterocycles. The summed E-state index contributed by atoms with van der Waals surface area (Å²) in [5, 5.41) is 10.3. The number of likely N-dealkylation sites (N-methyl/N-ethyl adjacent to an activating group) is 1. The number of carbonyl (C=O) groups is 2. The number of aromatic amines is 1. The molecule has 4 aromatic rings. The van der Waals surface area contributed by atoms with E-state index in [9.17, 15) is 14.0 Å². The predicted molar refractivity (Wildman–Crippen MR) is 144 cm³/mol. The van der Waals surface area contributed by atoms with E-state index in [1.165, 1.54) is 17.0 Å². The molecule has 4 rings (SSSR count). The summed E-state index contributed by atoms with van der Waals surface area (Å²) in [5.41, 5.74) is 2.82. The number of carbonyl (C=O) groups excluding carboxylic acids is 2. The van der Waals surface area contributed by atoms with Crippen LogP contribution in [0.15, 0.2) is 79.1 Å². The van der Waals surface area contributed by atoms with Gasteiger partial charge in [-0.2, -0.15) is 5.10 Å². The van der Waals surface area contributed by atoms with E-state index in [1.54, 1.807) is 64.5 Å². The summed E-state index contributed by atoms with van der Waals surface area (Å²) in [6, 6.07) is 18.1. The van der Waals surface area contributed by atoms with Gasteiger partial charge in [-0.3, -0.25) is 19.8 Å². The summed E-state index contributed by atoms with van der Waals surface area (Å²) in [6.07, 6.45) is 2.92. The molecule has 0 spiro atoms. The van der Waals surface area contributed by atoms with Crippen LogP contribution in [0.1, 0.15) is 26.3 Å². The lowest BCUT2D eigenvalue weighted by Crippen LogP contribution is -2.48. The second-order valence-electron chi connectivity index (χ2n) is 9.85. The van der Waals surface area contributed by atoms with E-state index < -0.39 is 23.6 Å². The molecule has 0 bridgehead atoms. The lowest BCUT2D eigenvalue weighted by Gasteiger charge is -2.30. The van der Waals surface area contributed by atoms with Gasteiger partial charge in [-0.1, -0.05) is 30.3 Å². The molecule has 0 aliphatic carbocycles. The van der Waals surface area contributed by atoms with Crippen LogP contribution >= 0.6 is 0 Å². The Labute approximate surface area is 220 Å². The summed E-state index contributed by atoms with van der Waals surface area (Å²) < 4.78 is 19.1. The maximum atomic E-state index is 13.7. The van der Waals surface area contributed by atoms with Crippen LogP contribution in [0.4, 0.5) is 15.0 Å². The molecule has 9 heteroatoms. The van der Waals surface area contributed by atoms with E-state index in [1.807, 2.05) is 30.3 Å². The van der Waals surface area contributed by atoms with Crippen molar-refractivity contribution in [3.05, 3.63) is 90.5 Å². The Morgan fingerprint density at radius 1 is 1.00 bits per heavy atom. The van der Waals surface area contributed by atoms with Crippen LogP contribution in [0.3, 0.4) is 0 Å². The van der Waals surface area contributed by atoms with Crippen molar-refractivity contribution < 1.29 is 18.7 Å². The standard InChI is InChI=1S/C29H30FN5O3/c1-29(2,3)38-28(37)35(4)23(18-19-8-6-5-7-9-19)27(36)32-26-24(20-14-16-31-17-15-20)25(33-34-26)21-10-12-22(30)13-11-21/h5-17,23H,18H2,1-4H3,(H2,32,33,34,36)/t23-/m0/s1. The molecule has 1 atom stereocenters. The maximum Gasteiger partial charge on any atom is 0.410 e. The first-order chi connectivity index (χ1) is 18.1. The summed E-state index contributed by atoms with van der Waals surface area (Å²) in [4.78, 5) is 32.0. The van der Waals surface area contributed by atoms with Gasteiger partial charge < -0.3 is 10.1 Å². The first kappa shape index (κ1) is 26.5. The number of pyridine rings is 1. The van der Waals surface area contributed by atoms with E-state index in [2.05, 4.69) is 20.5 Å². The number of anilines is 1. The first-order valence-corrected chi connectivity index (χ1v) is 12.2. The first-order valence-electron chi connectivity index (χ1n) is 12.2. The molecule has 2 N–H and O–H groups in total. The number of nitrogens with zero attached hydrogens (tertiary/aromatic N) is 3. The lowest BCUT2D eigenvalue weighted by atomic mass is 10.0. The molecule has 8 nitrogen and oxygen atoms in total. The van der Waals surface area contributed by atoms with Crippen molar-refractivity contribution in [2.75, 3.05) is 12.4 Å². The molecule has 38 heavy (non-hydrogen) atoms. The van der Waals surface area contributed by atoms with Gasteiger partial charge in [0, 0.05) is 31.4 Å². The van der Waals surface area contributed by atoms with Gasteiger partial charge in [0.25, 0.3) is 0 Å². The summed E-state index contributed by atoms with van der Waals surface area (Å²) in [6.45, 7) is 5.31. The second kappa shape index (κ2) is 11.2. The Balaban J connectivity index is 1.70. The molecule has 2 aromatic carbocycles. The predicted octanol–water partition coefficient (Wildman–Crippen LogP) is 5.69. The zero-order chi connectivity index (χ0) is 27.3. The van der Waals surface area contributed by atoms with Crippen molar-refractivity contribution in [3.8, 4) is 22.4 Å². The third-order valence-electron chi connectivity index (χ3n) is 5.83. The number of ether oxygens (including phenoxy) is 1. The van der Waals surface area contributed by atoms with E-state index in [-0.39, 0.29) is 18.1 Å². The minimum Gasteiger partial charge on any atom is -0.444 e. The molecule has 0 aliphatic rings. The minimum absolute atomic E-state index is 0.266. The van der Waals surface area contributed by atoms with Crippen LogP contribution in [0.25, 0.3) is 22.4 Å². The number of hydrogen-bond donors (Lipinski definition) is 2. The second-order valence-corrected chi connectivity index (χ2v) is 9.85. The molecule has 0 fully saturated rings. The van der Waals surface area contributed by atoms with E-state index >= 15 is 0 Å². The van der Waals surface area contributed by atoms with Crippen LogP contribution < -0.4 is 5.32 Å². The largest absolute Gasteiger partial charge is 0.444 e. The van der Waals surface area contributed by atoms with Gasteiger partial charge >= 0.3 is 6.09 Å². The quantitative estimate of drug-likeness (QED) is 0.329. The molecular formula is C29H30FN5O3. The van der Waals surface area contributed by atoms with Gasteiger partial charge in [-0.25, -0.2) is 9.18 Å². The number of H-pyrrole nitrogens is 1. The molecule has 196 valence electrons. The number of aromatic nitrogens is 3. The number of hydrogen-bond acceptors (Lipinski definition) is 5. The van der Waals surface area contributed by atoms with Gasteiger partial charge in [0.2, 0.25) is 5.91 Å². The van der Waals surface area contributed by atoms with Crippen LogP contribution in [0.2, 0.25) is 0 Å². The average Bonchev–Trinajstić information content (AvgIpc) is 3.30. The Bertz CT molecular complexity index is 1380. The molecule has 0 saturated carbocycles. The molecular weight excluding hydrogens is 485 g/mol. The monoisotopic (exact) mass is 515 g/mol. The fraction of sp³-hybridized carbons (Fsp3) is 0.241. The fourth-order valence-corrected chi connectivity index (χ4v) is 3.96. The maximum absolute atomic E-state index is 13.7. The van der Waals surface area contributed by atoms with Gasteiger partial charge in [0.15, 0.2) is 5.82 Å². The highest BCUT2D eigenvalue weighted by Crippen LogP contribution is 2.36. The molecule has 0 radical (unpaired) electrons. The van der Waals surface area contributed by atoms with Gasteiger partial charge in [-0.05, 0) is 68.3 Å². The number of rotatable bonds is 7.